The zero-order valence-electron chi connectivity index (χ0n) is 22.7. The van der Waals surface area contributed by atoms with Crippen molar-refractivity contribution in [3.05, 3.63) is 76.2 Å². The van der Waals surface area contributed by atoms with Crippen molar-refractivity contribution < 1.29 is 28.2 Å². The summed E-state index contributed by atoms with van der Waals surface area (Å²) in [6, 6.07) is 10.8. The van der Waals surface area contributed by atoms with E-state index in [-0.39, 0.29) is 12.2 Å². The van der Waals surface area contributed by atoms with E-state index in [1.165, 1.54) is 7.11 Å². The lowest BCUT2D eigenvalue weighted by molar-refractivity contribution is -0.143. The molecule has 2 aromatic carbocycles. The number of nitrogens with zero attached hydrogens (tertiary/aromatic N) is 5. The molecule has 0 aliphatic heterocycles. The highest BCUT2D eigenvalue weighted by molar-refractivity contribution is 6.04. The second kappa shape index (κ2) is 12.2. The van der Waals surface area contributed by atoms with Gasteiger partial charge in [0, 0.05) is 11.1 Å². The minimum absolute atomic E-state index is 0.00702. The van der Waals surface area contributed by atoms with Crippen LogP contribution < -0.4 is 4.74 Å². The average Bonchev–Trinajstić information content (AvgIpc) is 2.99. The molecule has 5 rings (SSSR count). The predicted molar refractivity (Wildman–Crippen MR) is 147 cm³/mol. The molecule has 0 unspecified atom stereocenters. The van der Waals surface area contributed by atoms with Crippen LogP contribution in [-0.4, -0.2) is 70.3 Å². The molecule has 0 radical (unpaired) electrons. The van der Waals surface area contributed by atoms with Crippen LogP contribution in [0.1, 0.15) is 38.4 Å². The Kier molecular flexibility index (Phi) is 8.23. The Morgan fingerprint density at radius 3 is 2.41 bits per heavy atom. The van der Waals surface area contributed by atoms with Crippen LogP contribution in [0.5, 0.6) is 5.75 Å². The summed E-state index contributed by atoms with van der Waals surface area (Å²) in [5, 5.41) is 8.68. The highest BCUT2D eigenvalue weighted by Crippen LogP contribution is 2.30. The number of halogens is 1. The van der Waals surface area contributed by atoms with Gasteiger partial charge in [-0.15, -0.1) is 0 Å². The maximum Gasteiger partial charge on any atom is 0.325 e. The zero-order chi connectivity index (χ0) is 28.9. The lowest BCUT2D eigenvalue weighted by Crippen LogP contribution is -2.35. The van der Waals surface area contributed by atoms with Crippen LogP contribution in [0.2, 0.25) is 0 Å². The number of carbonyl (C=O) groups excluding carboxylic acids is 3. The van der Waals surface area contributed by atoms with Crippen LogP contribution in [0, 0.1) is 6.92 Å². The number of fused-ring (bicyclic) bond motifs is 3. The quantitative estimate of drug-likeness (QED) is 0.237. The maximum atomic E-state index is 13.1. The fourth-order valence-electron chi connectivity index (χ4n) is 4.96. The molecule has 0 fully saturated rings. The number of aromatic nitrogens is 4. The topological polar surface area (TPSA) is 124 Å². The van der Waals surface area contributed by atoms with Gasteiger partial charge < -0.3 is 9.47 Å². The normalized spacial score (nSPS) is 12.5. The molecule has 2 amide bonds. The van der Waals surface area contributed by atoms with E-state index in [4.69, 9.17) is 14.7 Å². The monoisotopic (exact) mass is 557 g/mol. The molecule has 10 nitrogen and oxygen atoms in total. The van der Waals surface area contributed by atoms with Gasteiger partial charge in [-0.2, -0.15) is 10.2 Å². The first-order chi connectivity index (χ1) is 19.9. The summed E-state index contributed by atoms with van der Waals surface area (Å²) < 4.78 is 22.4. The summed E-state index contributed by atoms with van der Waals surface area (Å²) in [6.07, 6.45) is 4.74. The summed E-state index contributed by atoms with van der Waals surface area (Å²) >= 11 is 0. The van der Waals surface area contributed by atoms with Gasteiger partial charge in [-0.1, -0.05) is 0 Å². The van der Waals surface area contributed by atoms with E-state index < -0.39 is 25.1 Å². The first kappa shape index (κ1) is 27.8. The van der Waals surface area contributed by atoms with Gasteiger partial charge in [-0.25, -0.2) is 14.4 Å². The van der Waals surface area contributed by atoms with Crippen molar-refractivity contribution in [2.45, 2.75) is 32.6 Å². The number of alkyl halides is 1. The van der Waals surface area contributed by atoms with E-state index in [1.54, 1.807) is 37.4 Å². The molecule has 1 aliphatic carbocycles. The number of hydrogen-bond acceptors (Lipinski definition) is 9. The largest absolute Gasteiger partial charge is 0.491 e. The van der Waals surface area contributed by atoms with E-state index in [1.807, 2.05) is 12.1 Å². The predicted octanol–water partition coefficient (Wildman–Crippen LogP) is 3.40. The highest BCUT2D eigenvalue weighted by atomic mass is 19.1. The molecule has 0 atom stereocenters. The third-order valence-electron chi connectivity index (χ3n) is 7.07. The first-order valence-corrected chi connectivity index (χ1v) is 13.2. The van der Waals surface area contributed by atoms with Crippen molar-refractivity contribution in [2.75, 3.05) is 26.9 Å². The van der Waals surface area contributed by atoms with Crippen molar-refractivity contribution in [1.82, 2.24) is 25.1 Å². The lowest BCUT2D eigenvalue weighted by atomic mass is 9.91. The number of methoxy groups -OCH3 is 1. The minimum Gasteiger partial charge on any atom is -0.491 e. The van der Waals surface area contributed by atoms with Gasteiger partial charge >= 0.3 is 5.97 Å². The van der Waals surface area contributed by atoms with Crippen molar-refractivity contribution in [3.63, 3.8) is 0 Å². The van der Waals surface area contributed by atoms with Gasteiger partial charge in [-0.3, -0.25) is 19.3 Å². The van der Waals surface area contributed by atoms with E-state index in [9.17, 15) is 18.8 Å². The molecule has 0 saturated heterocycles. The Morgan fingerprint density at radius 2 is 1.73 bits per heavy atom. The van der Waals surface area contributed by atoms with Gasteiger partial charge in [0.25, 0.3) is 5.91 Å². The van der Waals surface area contributed by atoms with Crippen LogP contribution in [0.3, 0.4) is 0 Å². The van der Waals surface area contributed by atoms with Gasteiger partial charge in [0.05, 0.1) is 41.4 Å². The minimum atomic E-state index is -0.699. The van der Waals surface area contributed by atoms with Crippen LogP contribution in [-0.2, 0) is 40.0 Å². The summed E-state index contributed by atoms with van der Waals surface area (Å²) in [5.41, 5.74) is 7.59. The molecule has 0 spiro atoms. The fraction of sp³-hybridized carbons (Fsp3) is 0.300. The molecule has 1 aliphatic rings. The molecule has 4 aromatic rings. The number of esters is 1. The van der Waals surface area contributed by atoms with Crippen LogP contribution >= 0.6 is 0 Å². The number of benzene rings is 2. The van der Waals surface area contributed by atoms with Crippen LogP contribution in [0.15, 0.2) is 42.6 Å². The van der Waals surface area contributed by atoms with Crippen LogP contribution in [0.25, 0.3) is 22.3 Å². The number of imide groups is 1. The number of rotatable bonds is 8. The molecule has 210 valence electrons. The molecule has 2 aromatic heterocycles. The Hall–Kier alpha value is -4.80. The maximum absolute atomic E-state index is 13.1. The number of hydrogen-bond donors (Lipinski definition) is 0. The number of ether oxygens (including phenoxy) is 2. The number of aryl methyl sites for hydroxylation is 4. The Balaban J connectivity index is 1.45. The van der Waals surface area contributed by atoms with Gasteiger partial charge in [0.2, 0.25) is 6.41 Å². The summed E-state index contributed by atoms with van der Waals surface area (Å²) in [6.45, 7) is 0.725. The smallest absolute Gasteiger partial charge is 0.325 e. The summed E-state index contributed by atoms with van der Waals surface area (Å²) in [5.74, 6) is -0.726. The Morgan fingerprint density at radius 1 is 1.02 bits per heavy atom. The van der Waals surface area contributed by atoms with Gasteiger partial charge in [-0.05, 0) is 85.7 Å². The first-order valence-electron chi connectivity index (χ1n) is 13.2. The molecule has 0 saturated carbocycles. The lowest BCUT2D eigenvalue weighted by Gasteiger charge is -2.19. The third-order valence-corrected chi connectivity index (χ3v) is 7.07. The van der Waals surface area contributed by atoms with E-state index in [2.05, 4.69) is 14.9 Å². The third kappa shape index (κ3) is 5.88. The van der Waals surface area contributed by atoms with Crippen molar-refractivity contribution in [3.8, 4) is 17.0 Å². The van der Waals surface area contributed by atoms with E-state index in [0.29, 0.717) is 54.4 Å². The molecular formula is C30H28FN5O5. The SMILES string of the molecule is COC(=O)CN(C=O)C(=O)c1cc2nc3c(nc2cc1C)CCc1cnnc(-c2ccc(OCCF)cc2)c1CC3. The van der Waals surface area contributed by atoms with Crippen molar-refractivity contribution in [2.24, 2.45) is 0 Å². The van der Waals surface area contributed by atoms with E-state index in [0.717, 1.165) is 38.7 Å². The van der Waals surface area contributed by atoms with Crippen molar-refractivity contribution >= 4 is 29.3 Å². The van der Waals surface area contributed by atoms with Gasteiger partial charge in [0.1, 0.15) is 25.6 Å². The summed E-state index contributed by atoms with van der Waals surface area (Å²) in [7, 11) is 1.19. The second-order valence-corrected chi connectivity index (χ2v) is 9.65. The molecule has 2 heterocycles. The average molecular weight is 558 g/mol. The summed E-state index contributed by atoms with van der Waals surface area (Å²) in [4.78, 5) is 46.8. The molecule has 0 bridgehead atoms. The van der Waals surface area contributed by atoms with E-state index >= 15 is 0 Å². The van der Waals surface area contributed by atoms with Crippen molar-refractivity contribution in [1.29, 1.82) is 0 Å². The highest BCUT2D eigenvalue weighted by Gasteiger charge is 2.23. The fourth-order valence-corrected chi connectivity index (χ4v) is 4.96. The number of amides is 2. The molecule has 41 heavy (non-hydrogen) atoms. The molecule has 0 N–H and O–H groups in total. The Labute approximate surface area is 235 Å². The Bertz CT molecular complexity index is 1630. The standard InChI is InChI=1S/C30H28FN5O5/c1-18-13-26-27(14-23(18)30(39)36(17-37)16-28(38)40-2)34-25-10-8-22-20(5-9-24(25)33-26)15-32-35-29(22)19-3-6-21(7-4-19)41-12-11-31/h3-4,6-7,13-15,17H,5,8-12,16H2,1-2H3. The molecule has 11 heteroatoms. The second-order valence-electron chi connectivity index (χ2n) is 9.65. The van der Waals surface area contributed by atoms with Gasteiger partial charge in [0.15, 0.2) is 0 Å². The zero-order valence-corrected chi connectivity index (χ0v) is 22.7. The molecular weight excluding hydrogens is 529 g/mol. The van der Waals surface area contributed by atoms with Crippen LogP contribution in [0.4, 0.5) is 4.39 Å². The number of carbonyl (C=O) groups is 3.